The van der Waals surface area contributed by atoms with Gasteiger partial charge in [-0.15, -0.1) is 0 Å². The fourth-order valence-electron chi connectivity index (χ4n) is 4.36. The molecule has 0 aromatic heterocycles. The molecular formula is C27H34N2O5. The Morgan fingerprint density at radius 3 is 2.09 bits per heavy atom. The van der Waals surface area contributed by atoms with Gasteiger partial charge < -0.3 is 20.5 Å². The topological polar surface area (TPSA) is 105 Å². The Balaban J connectivity index is 1.52. The van der Waals surface area contributed by atoms with E-state index in [9.17, 15) is 19.5 Å². The minimum Gasteiger partial charge on any atom is -0.480 e. The molecule has 3 N–H and O–H groups in total. The van der Waals surface area contributed by atoms with Crippen LogP contribution in [0.3, 0.4) is 0 Å². The number of ether oxygens (including phenoxy) is 1. The molecule has 1 atom stereocenters. The highest BCUT2D eigenvalue weighted by atomic mass is 16.5. The molecule has 0 heterocycles. The monoisotopic (exact) mass is 466 g/mol. The smallest absolute Gasteiger partial charge is 0.407 e. The highest BCUT2D eigenvalue weighted by Crippen LogP contribution is 2.44. The van der Waals surface area contributed by atoms with E-state index in [1.165, 1.54) is 0 Å². The van der Waals surface area contributed by atoms with E-state index in [1.54, 1.807) is 0 Å². The molecule has 34 heavy (non-hydrogen) atoms. The summed E-state index contributed by atoms with van der Waals surface area (Å²) in [5, 5.41) is 14.7. The third-order valence-corrected chi connectivity index (χ3v) is 6.10. The zero-order chi connectivity index (χ0) is 24.9. The van der Waals surface area contributed by atoms with E-state index in [-0.39, 0.29) is 30.8 Å². The van der Waals surface area contributed by atoms with Crippen molar-refractivity contribution in [3.8, 4) is 11.1 Å². The molecule has 0 saturated heterocycles. The van der Waals surface area contributed by atoms with Gasteiger partial charge in [0.15, 0.2) is 0 Å². The van der Waals surface area contributed by atoms with Crippen molar-refractivity contribution in [1.29, 1.82) is 0 Å². The third kappa shape index (κ3) is 6.37. The Labute approximate surface area is 200 Å². The Morgan fingerprint density at radius 2 is 1.56 bits per heavy atom. The first-order valence-electron chi connectivity index (χ1n) is 11.7. The number of amides is 2. The lowest BCUT2D eigenvalue weighted by atomic mass is 9.97. The predicted octanol–water partition coefficient (Wildman–Crippen LogP) is 4.70. The maximum absolute atomic E-state index is 12.6. The first-order chi connectivity index (χ1) is 16.1. The number of rotatable bonds is 10. The van der Waals surface area contributed by atoms with Crippen LogP contribution in [0.4, 0.5) is 4.79 Å². The van der Waals surface area contributed by atoms with Crippen LogP contribution in [0.25, 0.3) is 11.1 Å². The number of alkyl carbamates (subject to hydrolysis) is 1. The fourth-order valence-corrected chi connectivity index (χ4v) is 4.36. The summed E-state index contributed by atoms with van der Waals surface area (Å²) >= 11 is 0. The Hall–Kier alpha value is -3.35. The number of carboxylic acids is 1. The molecule has 3 rings (SSSR count). The first kappa shape index (κ1) is 25.3. The molecule has 7 heteroatoms. The van der Waals surface area contributed by atoms with E-state index in [4.69, 9.17) is 4.74 Å². The normalized spacial score (nSPS) is 13.7. The maximum atomic E-state index is 12.6. The molecule has 0 fully saturated rings. The molecule has 2 aromatic rings. The predicted molar refractivity (Wildman–Crippen MR) is 131 cm³/mol. The first-order valence-corrected chi connectivity index (χ1v) is 11.7. The van der Waals surface area contributed by atoms with Crippen LogP contribution in [0.5, 0.6) is 0 Å². The SMILES string of the molecule is CC(C)CC(NC(=O)CCC(C)(C)NC(=O)OCC1c2ccccc2-c2ccccc21)C(=O)O. The van der Waals surface area contributed by atoms with Crippen molar-refractivity contribution < 1.29 is 24.2 Å². The Morgan fingerprint density at radius 1 is 1.00 bits per heavy atom. The summed E-state index contributed by atoms with van der Waals surface area (Å²) in [6.07, 6.45) is 0.258. The van der Waals surface area contributed by atoms with Gasteiger partial charge in [-0.25, -0.2) is 9.59 Å². The van der Waals surface area contributed by atoms with Crippen molar-refractivity contribution in [3.05, 3.63) is 59.7 Å². The molecule has 1 unspecified atom stereocenters. The van der Waals surface area contributed by atoms with Crippen molar-refractivity contribution in [1.82, 2.24) is 10.6 Å². The van der Waals surface area contributed by atoms with Crippen molar-refractivity contribution in [3.63, 3.8) is 0 Å². The van der Waals surface area contributed by atoms with Gasteiger partial charge in [-0.1, -0.05) is 62.4 Å². The van der Waals surface area contributed by atoms with Gasteiger partial charge in [0, 0.05) is 17.9 Å². The molecule has 7 nitrogen and oxygen atoms in total. The molecule has 2 aromatic carbocycles. The Bertz CT molecular complexity index is 1000. The average Bonchev–Trinajstić information content (AvgIpc) is 3.09. The number of benzene rings is 2. The van der Waals surface area contributed by atoms with Crippen LogP contribution in [-0.4, -0.2) is 41.3 Å². The lowest BCUT2D eigenvalue weighted by molar-refractivity contribution is -0.142. The summed E-state index contributed by atoms with van der Waals surface area (Å²) < 4.78 is 5.59. The molecule has 0 spiro atoms. The number of fused-ring (bicyclic) bond motifs is 3. The van der Waals surface area contributed by atoms with Crippen molar-refractivity contribution in [2.75, 3.05) is 6.61 Å². The zero-order valence-electron chi connectivity index (χ0n) is 20.3. The van der Waals surface area contributed by atoms with Crippen molar-refractivity contribution >= 4 is 18.0 Å². The van der Waals surface area contributed by atoms with Crippen LogP contribution >= 0.6 is 0 Å². The molecular weight excluding hydrogens is 432 g/mol. The number of carboxylic acid groups (broad SMARTS) is 1. The van der Waals surface area contributed by atoms with Gasteiger partial charge in [0.1, 0.15) is 12.6 Å². The summed E-state index contributed by atoms with van der Waals surface area (Å²) in [4.78, 5) is 36.2. The van der Waals surface area contributed by atoms with Gasteiger partial charge >= 0.3 is 12.1 Å². The van der Waals surface area contributed by atoms with E-state index >= 15 is 0 Å². The second-order valence-corrected chi connectivity index (χ2v) is 9.92. The minimum absolute atomic E-state index is 0.0269. The van der Waals surface area contributed by atoms with Crippen LogP contribution in [0.15, 0.2) is 48.5 Å². The van der Waals surface area contributed by atoms with Crippen molar-refractivity contribution in [2.24, 2.45) is 5.92 Å². The number of hydrogen-bond donors (Lipinski definition) is 3. The average molecular weight is 467 g/mol. The van der Waals surface area contributed by atoms with E-state index in [2.05, 4.69) is 34.9 Å². The lowest BCUT2D eigenvalue weighted by Crippen LogP contribution is -2.46. The molecule has 0 bridgehead atoms. The van der Waals surface area contributed by atoms with Gasteiger partial charge in [0.25, 0.3) is 0 Å². The standard InChI is InChI=1S/C27H34N2O5/c1-17(2)15-23(25(31)32)28-24(30)13-14-27(3,4)29-26(33)34-16-22-20-11-7-5-9-18(20)19-10-6-8-12-21(19)22/h5-12,17,22-23H,13-16H2,1-4H3,(H,28,30)(H,29,33)(H,31,32). The number of carbonyl (C=O) groups is 3. The molecule has 1 aliphatic carbocycles. The number of carbonyl (C=O) groups excluding carboxylic acids is 2. The van der Waals surface area contributed by atoms with Crippen LogP contribution in [-0.2, 0) is 14.3 Å². The molecule has 0 radical (unpaired) electrons. The zero-order valence-corrected chi connectivity index (χ0v) is 20.3. The van der Waals surface area contributed by atoms with Gasteiger partial charge in [-0.2, -0.15) is 0 Å². The minimum atomic E-state index is -1.04. The Kier molecular flexibility index (Phi) is 7.97. The second-order valence-electron chi connectivity index (χ2n) is 9.92. The highest BCUT2D eigenvalue weighted by Gasteiger charge is 2.30. The summed E-state index contributed by atoms with van der Waals surface area (Å²) in [7, 11) is 0. The number of nitrogens with one attached hydrogen (secondary N) is 2. The van der Waals surface area contributed by atoms with Crippen LogP contribution in [0.1, 0.15) is 64.0 Å². The largest absolute Gasteiger partial charge is 0.480 e. The maximum Gasteiger partial charge on any atom is 0.407 e. The van der Waals surface area contributed by atoms with Gasteiger partial charge in [0.2, 0.25) is 5.91 Å². The molecule has 1 aliphatic rings. The molecule has 182 valence electrons. The quantitative estimate of drug-likeness (QED) is 0.471. The summed E-state index contributed by atoms with van der Waals surface area (Å²) in [6, 6.07) is 15.4. The summed E-state index contributed by atoms with van der Waals surface area (Å²) in [5.74, 6) is -1.28. The summed E-state index contributed by atoms with van der Waals surface area (Å²) in [5.41, 5.74) is 3.91. The van der Waals surface area contributed by atoms with Crippen molar-refractivity contribution in [2.45, 2.75) is 64.5 Å². The number of aliphatic carboxylic acids is 1. The van der Waals surface area contributed by atoms with E-state index < -0.39 is 23.6 Å². The third-order valence-electron chi connectivity index (χ3n) is 6.10. The highest BCUT2D eigenvalue weighted by molar-refractivity contribution is 5.83. The van der Waals surface area contributed by atoms with Gasteiger partial charge in [-0.05, 0) is 54.9 Å². The lowest BCUT2D eigenvalue weighted by Gasteiger charge is -2.26. The molecule has 0 aliphatic heterocycles. The molecule has 2 amide bonds. The molecule has 0 saturated carbocycles. The van der Waals surface area contributed by atoms with Crippen LogP contribution in [0.2, 0.25) is 0 Å². The van der Waals surface area contributed by atoms with Gasteiger partial charge in [-0.3, -0.25) is 4.79 Å². The summed E-state index contributed by atoms with van der Waals surface area (Å²) in [6.45, 7) is 7.65. The van der Waals surface area contributed by atoms with E-state index in [1.807, 2.05) is 52.0 Å². The second kappa shape index (κ2) is 10.7. The van der Waals surface area contributed by atoms with Gasteiger partial charge in [0.05, 0.1) is 0 Å². The van der Waals surface area contributed by atoms with E-state index in [0.717, 1.165) is 22.3 Å². The number of hydrogen-bond acceptors (Lipinski definition) is 4. The van der Waals surface area contributed by atoms with Crippen LogP contribution in [0, 0.1) is 5.92 Å². The van der Waals surface area contributed by atoms with Crippen LogP contribution < -0.4 is 10.6 Å². The fraction of sp³-hybridized carbons (Fsp3) is 0.444. The van der Waals surface area contributed by atoms with E-state index in [0.29, 0.717) is 12.8 Å².